The fraction of sp³-hybridized carbons (Fsp3) is 0.174. The fourth-order valence-electron chi connectivity index (χ4n) is 2.97. The van der Waals surface area contributed by atoms with Gasteiger partial charge in [0.25, 0.3) is 0 Å². The highest BCUT2D eigenvalue weighted by atomic mass is 35.5. The average Bonchev–Trinajstić information content (AvgIpc) is 2.76. The minimum Gasteiger partial charge on any atom is -0.496 e. The van der Waals surface area contributed by atoms with E-state index in [2.05, 4.69) is 5.32 Å². The predicted molar refractivity (Wildman–Crippen MR) is 124 cm³/mol. The van der Waals surface area contributed by atoms with Gasteiger partial charge in [-0.2, -0.15) is 4.31 Å². The highest BCUT2D eigenvalue weighted by Crippen LogP contribution is 2.32. The van der Waals surface area contributed by atoms with Gasteiger partial charge in [0.2, 0.25) is 15.9 Å². The van der Waals surface area contributed by atoms with Gasteiger partial charge in [-0.3, -0.25) is 4.79 Å². The zero-order valence-electron chi connectivity index (χ0n) is 17.8. The molecular formula is C23H23ClN2O5S. The van der Waals surface area contributed by atoms with Crippen LogP contribution in [0.5, 0.6) is 17.2 Å². The van der Waals surface area contributed by atoms with Gasteiger partial charge in [-0.15, -0.1) is 0 Å². The maximum atomic E-state index is 12.9. The molecule has 0 atom stereocenters. The second-order valence-corrected chi connectivity index (χ2v) is 9.48. The Morgan fingerprint density at radius 2 is 1.72 bits per heavy atom. The van der Waals surface area contributed by atoms with Gasteiger partial charge >= 0.3 is 0 Å². The van der Waals surface area contributed by atoms with E-state index in [1.54, 1.807) is 43.3 Å². The van der Waals surface area contributed by atoms with Crippen LogP contribution in [0.25, 0.3) is 0 Å². The van der Waals surface area contributed by atoms with Crippen molar-refractivity contribution < 1.29 is 22.7 Å². The van der Waals surface area contributed by atoms with Crippen molar-refractivity contribution in [3.05, 3.63) is 77.3 Å². The molecule has 0 unspecified atom stereocenters. The van der Waals surface area contributed by atoms with Crippen LogP contribution >= 0.6 is 11.6 Å². The number of likely N-dealkylation sites (N-methyl/N-ethyl adjacent to an activating group) is 1. The Kier molecular flexibility index (Phi) is 7.40. The zero-order valence-corrected chi connectivity index (χ0v) is 19.4. The van der Waals surface area contributed by atoms with Gasteiger partial charge in [0.1, 0.15) is 11.5 Å². The minimum absolute atomic E-state index is 0.0713. The lowest BCUT2D eigenvalue weighted by molar-refractivity contribution is -0.116. The maximum absolute atomic E-state index is 12.9. The SMILES string of the molecule is COc1ccc(S(=O)(=O)N(C)CC(=O)Nc2cc(Cl)ccc2Oc2ccccc2)cc1C. The van der Waals surface area contributed by atoms with Crippen molar-refractivity contribution in [2.75, 3.05) is 26.0 Å². The maximum Gasteiger partial charge on any atom is 0.243 e. The van der Waals surface area contributed by atoms with Crippen LogP contribution in [0.2, 0.25) is 5.02 Å². The van der Waals surface area contributed by atoms with Gasteiger partial charge in [-0.1, -0.05) is 29.8 Å². The molecule has 0 saturated heterocycles. The van der Waals surface area contributed by atoms with Crippen molar-refractivity contribution in [1.29, 1.82) is 0 Å². The molecule has 3 aromatic rings. The standard InChI is InChI=1S/C23H23ClN2O5S/c1-16-13-19(10-12-21(16)30-3)32(28,29)26(2)15-23(27)25-20-14-17(24)9-11-22(20)31-18-7-5-4-6-8-18/h4-14H,15H2,1-3H3,(H,25,27). The summed E-state index contributed by atoms with van der Waals surface area (Å²) in [4.78, 5) is 12.7. The molecule has 0 heterocycles. The lowest BCUT2D eigenvalue weighted by Crippen LogP contribution is -2.35. The number of amides is 1. The number of para-hydroxylation sites is 1. The third kappa shape index (κ3) is 5.59. The van der Waals surface area contributed by atoms with Crippen molar-refractivity contribution in [3.63, 3.8) is 0 Å². The lowest BCUT2D eigenvalue weighted by Gasteiger charge is -2.18. The number of halogens is 1. The lowest BCUT2D eigenvalue weighted by atomic mass is 10.2. The number of hydrogen-bond donors (Lipinski definition) is 1. The normalized spacial score (nSPS) is 11.3. The summed E-state index contributed by atoms with van der Waals surface area (Å²) in [5.41, 5.74) is 1.01. The van der Waals surface area contributed by atoms with Gasteiger partial charge in [0.15, 0.2) is 5.75 Å². The first-order valence-corrected chi connectivity index (χ1v) is 11.5. The number of hydrogen-bond acceptors (Lipinski definition) is 5. The number of sulfonamides is 1. The van der Waals surface area contributed by atoms with E-state index in [4.69, 9.17) is 21.1 Å². The molecule has 0 bridgehead atoms. The highest BCUT2D eigenvalue weighted by molar-refractivity contribution is 7.89. The number of benzene rings is 3. The largest absolute Gasteiger partial charge is 0.496 e. The monoisotopic (exact) mass is 474 g/mol. The van der Waals surface area contributed by atoms with Crippen LogP contribution in [-0.2, 0) is 14.8 Å². The Morgan fingerprint density at radius 3 is 2.38 bits per heavy atom. The summed E-state index contributed by atoms with van der Waals surface area (Å²) in [7, 11) is -1.03. The van der Waals surface area contributed by atoms with Gasteiger partial charge in [-0.25, -0.2) is 8.42 Å². The van der Waals surface area contributed by atoms with E-state index in [9.17, 15) is 13.2 Å². The number of anilines is 1. The van der Waals surface area contributed by atoms with Gasteiger partial charge < -0.3 is 14.8 Å². The molecule has 1 amide bonds. The van der Waals surface area contributed by atoms with Crippen molar-refractivity contribution >= 4 is 33.2 Å². The molecule has 0 aromatic heterocycles. The third-order valence-electron chi connectivity index (χ3n) is 4.63. The first kappa shape index (κ1) is 23.6. The molecule has 9 heteroatoms. The van der Waals surface area contributed by atoms with Gasteiger partial charge in [-0.05, 0) is 61.0 Å². The molecule has 168 valence electrons. The van der Waals surface area contributed by atoms with E-state index in [1.165, 1.54) is 26.3 Å². The number of nitrogens with one attached hydrogen (secondary N) is 1. The number of carbonyl (C=O) groups is 1. The first-order chi connectivity index (χ1) is 15.2. The summed E-state index contributed by atoms with van der Waals surface area (Å²) in [6.45, 7) is 1.35. The van der Waals surface area contributed by atoms with E-state index < -0.39 is 22.5 Å². The minimum atomic E-state index is -3.88. The summed E-state index contributed by atoms with van der Waals surface area (Å²) in [5, 5.41) is 3.08. The number of carbonyl (C=O) groups excluding carboxylic acids is 1. The molecule has 0 spiro atoms. The average molecular weight is 475 g/mol. The first-order valence-electron chi connectivity index (χ1n) is 9.64. The highest BCUT2D eigenvalue weighted by Gasteiger charge is 2.24. The van der Waals surface area contributed by atoms with E-state index in [-0.39, 0.29) is 4.90 Å². The van der Waals surface area contributed by atoms with Crippen molar-refractivity contribution in [2.45, 2.75) is 11.8 Å². The van der Waals surface area contributed by atoms with Crippen LogP contribution in [0.3, 0.4) is 0 Å². The molecule has 3 aromatic carbocycles. The Labute approximate surface area is 192 Å². The van der Waals surface area contributed by atoms with Crippen LogP contribution < -0.4 is 14.8 Å². The fourth-order valence-corrected chi connectivity index (χ4v) is 4.36. The second-order valence-electron chi connectivity index (χ2n) is 7.00. The molecule has 1 N–H and O–H groups in total. The zero-order chi connectivity index (χ0) is 23.3. The number of ether oxygens (including phenoxy) is 2. The van der Waals surface area contributed by atoms with Crippen LogP contribution in [-0.4, -0.2) is 39.3 Å². The van der Waals surface area contributed by atoms with Crippen LogP contribution in [0.4, 0.5) is 5.69 Å². The predicted octanol–water partition coefficient (Wildman–Crippen LogP) is 4.71. The third-order valence-corrected chi connectivity index (χ3v) is 6.66. The number of aryl methyl sites for hydroxylation is 1. The molecule has 0 fully saturated rings. The molecule has 0 saturated carbocycles. The van der Waals surface area contributed by atoms with Crippen molar-refractivity contribution in [1.82, 2.24) is 4.31 Å². The van der Waals surface area contributed by atoms with E-state index in [0.29, 0.717) is 33.5 Å². The second kappa shape index (κ2) is 10.0. The van der Waals surface area contributed by atoms with Crippen LogP contribution in [0.1, 0.15) is 5.56 Å². The number of nitrogens with zero attached hydrogens (tertiary/aromatic N) is 1. The Balaban J connectivity index is 1.75. The molecule has 7 nitrogen and oxygen atoms in total. The summed E-state index contributed by atoms with van der Waals surface area (Å²) in [5.74, 6) is 1.00. The van der Waals surface area contributed by atoms with Crippen molar-refractivity contribution in [3.8, 4) is 17.2 Å². The molecule has 0 radical (unpaired) electrons. The molecular weight excluding hydrogens is 452 g/mol. The Morgan fingerprint density at radius 1 is 1.03 bits per heavy atom. The molecule has 32 heavy (non-hydrogen) atoms. The summed E-state index contributed by atoms with van der Waals surface area (Å²) in [6.07, 6.45) is 0. The summed E-state index contributed by atoms with van der Waals surface area (Å²) >= 11 is 6.08. The molecule has 0 aliphatic heterocycles. The summed E-state index contributed by atoms with van der Waals surface area (Å²) < 4.78 is 37.8. The Bertz CT molecular complexity index is 1220. The topological polar surface area (TPSA) is 84.9 Å². The van der Waals surface area contributed by atoms with E-state index in [1.807, 2.05) is 18.2 Å². The van der Waals surface area contributed by atoms with E-state index >= 15 is 0 Å². The van der Waals surface area contributed by atoms with Crippen LogP contribution in [0, 0.1) is 6.92 Å². The van der Waals surface area contributed by atoms with Gasteiger partial charge in [0.05, 0.1) is 24.2 Å². The molecule has 0 aliphatic carbocycles. The number of rotatable bonds is 8. The van der Waals surface area contributed by atoms with Gasteiger partial charge in [0, 0.05) is 12.1 Å². The Hall–Kier alpha value is -3.07. The van der Waals surface area contributed by atoms with Crippen LogP contribution in [0.15, 0.2) is 71.6 Å². The smallest absolute Gasteiger partial charge is 0.243 e. The quantitative estimate of drug-likeness (QED) is 0.511. The summed E-state index contributed by atoms with van der Waals surface area (Å²) in [6, 6.07) is 18.4. The number of methoxy groups -OCH3 is 1. The van der Waals surface area contributed by atoms with E-state index in [0.717, 1.165) is 4.31 Å². The molecule has 3 rings (SSSR count). The van der Waals surface area contributed by atoms with Crippen molar-refractivity contribution in [2.24, 2.45) is 0 Å². The molecule has 0 aliphatic rings.